The van der Waals surface area contributed by atoms with Crippen LogP contribution in [0.3, 0.4) is 0 Å². The first-order valence-corrected chi connectivity index (χ1v) is 13.8. The SMILES string of the molecule is CC(C)C(C)N(CCNCCc1ccc(O)c2c1OCC(=O)N2)C(=O)CCNCCc1ccc(Cl)c(Cl)c1. The van der Waals surface area contributed by atoms with Crippen LogP contribution >= 0.6 is 23.2 Å². The van der Waals surface area contributed by atoms with E-state index in [0.717, 1.165) is 24.1 Å². The molecule has 4 N–H and O–H groups in total. The van der Waals surface area contributed by atoms with E-state index in [1.54, 1.807) is 18.2 Å². The molecule has 38 heavy (non-hydrogen) atoms. The van der Waals surface area contributed by atoms with Gasteiger partial charge < -0.3 is 30.7 Å². The predicted octanol–water partition coefficient (Wildman–Crippen LogP) is 4.26. The second-order valence-corrected chi connectivity index (χ2v) is 10.7. The molecule has 2 aromatic carbocycles. The van der Waals surface area contributed by atoms with Crippen LogP contribution < -0.4 is 20.7 Å². The van der Waals surface area contributed by atoms with Gasteiger partial charge in [-0.3, -0.25) is 9.59 Å². The first-order chi connectivity index (χ1) is 18.2. The lowest BCUT2D eigenvalue weighted by atomic mass is 10.0. The first kappa shape index (κ1) is 30.0. The third-order valence-corrected chi connectivity index (χ3v) is 7.54. The number of fused-ring (bicyclic) bond motifs is 1. The first-order valence-electron chi connectivity index (χ1n) is 13.1. The molecule has 0 aromatic heterocycles. The van der Waals surface area contributed by atoms with Crippen LogP contribution in [0.4, 0.5) is 5.69 Å². The third-order valence-electron chi connectivity index (χ3n) is 6.80. The predicted molar refractivity (Wildman–Crippen MR) is 152 cm³/mol. The number of amides is 2. The zero-order valence-electron chi connectivity index (χ0n) is 22.3. The van der Waals surface area contributed by atoms with E-state index >= 15 is 0 Å². The van der Waals surface area contributed by atoms with Crippen LogP contribution in [-0.4, -0.2) is 67.2 Å². The summed E-state index contributed by atoms with van der Waals surface area (Å²) >= 11 is 12.1. The number of carbonyl (C=O) groups excluding carboxylic acids is 2. The van der Waals surface area contributed by atoms with Crippen molar-refractivity contribution >= 4 is 40.7 Å². The minimum atomic E-state index is -0.284. The molecule has 1 atom stereocenters. The van der Waals surface area contributed by atoms with Crippen LogP contribution in [0.5, 0.6) is 11.5 Å². The Balaban J connectivity index is 1.42. The van der Waals surface area contributed by atoms with Crippen LogP contribution in [-0.2, 0) is 22.4 Å². The number of hydrogen-bond donors (Lipinski definition) is 4. The van der Waals surface area contributed by atoms with Gasteiger partial charge in [-0.25, -0.2) is 0 Å². The minimum Gasteiger partial charge on any atom is -0.506 e. The van der Waals surface area contributed by atoms with Gasteiger partial charge in [-0.15, -0.1) is 0 Å². The molecule has 8 nitrogen and oxygen atoms in total. The molecular weight excluding hydrogens is 527 g/mol. The molecule has 10 heteroatoms. The van der Waals surface area contributed by atoms with E-state index in [4.69, 9.17) is 27.9 Å². The summed E-state index contributed by atoms with van der Waals surface area (Å²) in [6, 6.07) is 9.12. The van der Waals surface area contributed by atoms with E-state index in [0.29, 0.717) is 66.4 Å². The second kappa shape index (κ2) is 14.6. The van der Waals surface area contributed by atoms with E-state index in [1.807, 2.05) is 17.0 Å². The van der Waals surface area contributed by atoms with E-state index in [1.165, 1.54) is 0 Å². The average Bonchev–Trinajstić information content (AvgIpc) is 2.88. The van der Waals surface area contributed by atoms with E-state index in [2.05, 4.69) is 36.7 Å². The number of carbonyl (C=O) groups is 2. The van der Waals surface area contributed by atoms with Gasteiger partial charge in [0.25, 0.3) is 5.91 Å². The summed E-state index contributed by atoms with van der Waals surface area (Å²) in [7, 11) is 0. The number of aromatic hydroxyl groups is 1. The zero-order chi connectivity index (χ0) is 27.7. The molecule has 0 radical (unpaired) electrons. The molecule has 1 heterocycles. The van der Waals surface area contributed by atoms with Crippen molar-refractivity contribution in [3.05, 3.63) is 51.5 Å². The van der Waals surface area contributed by atoms with E-state index in [-0.39, 0.29) is 30.2 Å². The maximum Gasteiger partial charge on any atom is 0.262 e. The molecule has 1 aliphatic rings. The van der Waals surface area contributed by atoms with Crippen molar-refractivity contribution in [1.82, 2.24) is 15.5 Å². The molecule has 0 saturated carbocycles. The van der Waals surface area contributed by atoms with Crippen molar-refractivity contribution < 1.29 is 19.4 Å². The Labute approximate surface area is 235 Å². The highest BCUT2D eigenvalue weighted by Crippen LogP contribution is 2.39. The normalized spacial score (nSPS) is 13.6. The lowest BCUT2D eigenvalue weighted by molar-refractivity contribution is -0.134. The number of benzene rings is 2. The molecule has 0 spiro atoms. The number of halogens is 2. The Morgan fingerprint density at radius 2 is 1.79 bits per heavy atom. The van der Waals surface area contributed by atoms with Crippen LogP contribution in [0, 0.1) is 5.92 Å². The number of nitrogens with zero attached hydrogens (tertiary/aromatic N) is 1. The lowest BCUT2D eigenvalue weighted by Crippen LogP contribution is -2.45. The Kier molecular flexibility index (Phi) is 11.5. The summed E-state index contributed by atoms with van der Waals surface area (Å²) in [5, 5.41) is 20.5. The fourth-order valence-corrected chi connectivity index (χ4v) is 4.59. The van der Waals surface area contributed by atoms with Gasteiger partial charge >= 0.3 is 0 Å². The van der Waals surface area contributed by atoms with Crippen molar-refractivity contribution in [2.24, 2.45) is 5.92 Å². The summed E-state index contributed by atoms with van der Waals surface area (Å²) in [5.41, 5.74) is 2.33. The van der Waals surface area contributed by atoms with Crippen LogP contribution in [0.15, 0.2) is 30.3 Å². The minimum absolute atomic E-state index is 0.00884. The molecule has 0 aliphatic carbocycles. The number of ether oxygens (including phenoxy) is 1. The standard InChI is InChI=1S/C28H38Cl2N4O4/c1-18(2)19(3)34(26(37)10-13-31-11-8-20-4-6-22(29)23(30)16-20)15-14-32-12-9-21-5-7-24(35)27-28(21)38-17-25(36)33-27/h4-7,16,18-19,31-32,35H,8-15,17H2,1-3H3,(H,33,36). The van der Waals surface area contributed by atoms with E-state index in [9.17, 15) is 14.7 Å². The zero-order valence-corrected chi connectivity index (χ0v) is 23.8. The summed E-state index contributed by atoms with van der Waals surface area (Å²) in [4.78, 5) is 26.6. The summed E-state index contributed by atoms with van der Waals surface area (Å²) < 4.78 is 5.55. The molecule has 208 valence electrons. The quantitative estimate of drug-likeness (QED) is 0.202. The summed E-state index contributed by atoms with van der Waals surface area (Å²) in [6.07, 6.45) is 1.90. The van der Waals surface area contributed by atoms with Gasteiger partial charge in [0.2, 0.25) is 5.91 Å². The second-order valence-electron chi connectivity index (χ2n) is 9.86. The Morgan fingerprint density at radius 1 is 1.05 bits per heavy atom. The van der Waals surface area contributed by atoms with Gasteiger partial charge in [-0.05, 0) is 68.1 Å². The highest BCUT2D eigenvalue weighted by Gasteiger charge is 2.23. The summed E-state index contributed by atoms with van der Waals surface area (Å²) in [6.45, 7) is 9.58. The Bertz CT molecular complexity index is 1110. The number of nitrogens with one attached hydrogen (secondary N) is 3. The molecule has 1 aliphatic heterocycles. The largest absolute Gasteiger partial charge is 0.506 e. The smallest absolute Gasteiger partial charge is 0.262 e. The molecule has 2 aromatic rings. The molecule has 0 bridgehead atoms. The van der Waals surface area contributed by atoms with Gasteiger partial charge in [0.15, 0.2) is 12.4 Å². The fourth-order valence-electron chi connectivity index (χ4n) is 4.27. The molecule has 3 rings (SSSR count). The summed E-state index contributed by atoms with van der Waals surface area (Å²) in [5.74, 6) is 0.701. The van der Waals surface area contributed by atoms with Crippen molar-refractivity contribution in [2.75, 3.05) is 44.6 Å². The Morgan fingerprint density at radius 3 is 2.53 bits per heavy atom. The molecule has 2 amide bonds. The molecular formula is C28H38Cl2N4O4. The maximum atomic E-state index is 13.1. The average molecular weight is 566 g/mol. The number of phenolic OH excluding ortho intramolecular Hbond substituents is 1. The molecule has 0 saturated heterocycles. The van der Waals surface area contributed by atoms with Gasteiger partial charge in [0.05, 0.1) is 10.0 Å². The van der Waals surface area contributed by atoms with Crippen molar-refractivity contribution in [3.8, 4) is 11.5 Å². The molecule has 0 fully saturated rings. The number of rotatable bonds is 14. The van der Waals surface area contributed by atoms with Gasteiger partial charge in [-0.1, -0.05) is 49.2 Å². The van der Waals surface area contributed by atoms with Crippen molar-refractivity contribution in [1.29, 1.82) is 0 Å². The monoisotopic (exact) mass is 564 g/mol. The number of hydrogen-bond acceptors (Lipinski definition) is 6. The number of anilines is 1. The van der Waals surface area contributed by atoms with Crippen LogP contribution in [0.2, 0.25) is 10.0 Å². The van der Waals surface area contributed by atoms with Gasteiger partial charge in [0, 0.05) is 32.1 Å². The van der Waals surface area contributed by atoms with Crippen molar-refractivity contribution in [2.45, 2.75) is 46.1 Å². The van der Waals surface area contributed by atoms with Crippen LogP contribution in [0.25, 0.3) is 0 Å². The molecule has 1 unspecified atom stereocenters. The fraction of sp³-hybridized carbons (Fsp3) is 0.500. The van der Waals surface area contributed by atoms with E-state index < -0.39 is 0 Å². The third kappa shape index (κ3) is 8.50. The highest BCUT2D eigenvalue weighted by atomic mass is 35.5. The number of phenols is 1. The Hall–Kier alpha value is -2.52. The van der Waals surface area contributed by atoms with Gasteiger partial charge in [-0.2, -0.15) is 0 Å². The highest BCUT2D eigenvalue weighted by molar-refractivity contribution is 6.42. The van der Waals surface area contributed by atoms with Crippen LogP contribution in [0.1, 0.15) is 38.3 Å². The topological polar surface area (TPSA) is 103 Å². The lowest BCUT2D eigenvalue weighted by Gasteiger charge is -2.32. The van der Waals surface area contributed by atoms with Gasteiger partial charge in [0.1, 0.15) is 11.4 Å². The van der Waals surface area contributed by atoms with Crippen molar-refractivity contribution in [3.63, 3.8) is 0 Å². The maximum absolute atomic E-state index is 13.1.